The largest absolute Gasteiger partial charge is 0.493 e. The molecule has 0 radical (unpaired) electrons. The fourth-order valence-corrected chi connectivity index (χ4v) is 10.8. The SMILES string of the molecule is Cc1nn(C)c(C)c1-c1c(Cl)ccc2c(CCCOc3cccc4cc(F)ccc34)c(C(=O)OCn3cc[n+](C)c3)n(CCN3CCN(C(=O)COc4cccc5c4CN(C4CCC(=O)NC4=O)C5=O)CC3)c12. The summed E-state index contributed by atoms with van der Waals surface area (Å²) in [7, 11) is 3.79. The number of carbonyl (C=O) groups excluding carboxylic acids is 5. The molecule has 4 aromatic carbocycles. The van der Waals surface area contributed by atoms with Crippen LogP contribution in [0.4, 0.5) is 4.39 Å². The van der Waals surface area contributed by atoms with Crippen LogP contribution in [0.15, 0.2) is 85.5 Å². The van der Waals surface area contributed by atoms with Gasteiger partial charge in [-0.15, -0.1) is 0 Å². The minimum atomic E-state index is -0.766. The Balaban J connectivity index is 0.885. The van der Waals surface area contributed by atoms with E-state index in [1.807, 2.05) is 90.8 Å². The number of nitrogens with one attached hydrogen (secondary N) is 1. The van der Waals surface area contributed by atoms with Gasteiger partial charge < -0.3 is 28.6 Å². The number of imidazole rings is 1. The molecule has 1 unspecified atom stereocenters. The number of benzene rings is 4. The number of aromatic nitrogens is 5. The number of nitrogens with zero attached hydrogens (tertiary/aromatic N) is 8. The monoisotopic (exact) mass is 1010 g/mol. The zero-order valence-corrected chi connectivity index (χ0v) is 41.9. The van der Waals surface area contributed by atoms with Gasteiger partial charge in [-0.3, -0.25) is 34.1 Å². The molecular weight excluding hydrogens is 957 g/mol. The summed E-state index contributed by atoms with van der Waals surface area (Å²) in [4.78, 5) is 71.7. The molecule has 0 saturated carbocycles. The van der Waals surface area contributed by atoms with Gasteiger partial charge in [-0.2, -0.15) is 5.10 Å². The highest BCUT2D eigenvalue weighted by atomic mass is 35.5. The number of piperazine rings is 1. The quantitative estimate of drug-likeness (QED) is 0.0522. The highest BCUT2D eigenvalue weighted by Crippen LogP contribution is 2.43. The lowest BCUT2D eigenvalue weighted by molar-refractivity contribution is -0.671. The van der Waals surface area contributed by atoms with E-state index in [-0.39, 0.29) is 56.3 Å². The number of hydrogen-bond acceptors (Lipinski definition) is 10. The smallest absolute Gasteiger partial charge is 0.358 e. The fourth-order valence-electron chi connectivity index (χ4n) is 10.5. The number of ether oxygens (including phenoxy) is 3. The summed E-state index contributed by atoms with van der Waals surface area (Å²) in [6.45, 7) is 7.08. The van der Waals surface area contributed by atoms with Crippen LogP contribution in [-0.4, -0.2) is 115 Å². The van der Waals surface area contributed by atoms with Crippen LogP contribution < -0.4 is 19.4 Å². The summed E-state index contributed by atoms with van der Waals surface area (Å²) in [5, 5.41) is 9.99. The van der Waals surface area contributed by atoms with Crippen LogP contribution in [-0.2, 0) is 59.5 Å². The minimum absolute atomic E-state index is 0.00869. The van der Waals surface area contributed by atoms with Crippen LogP contribution >= 0.6 is 11.6 Å². The number of imide groups is 1. The lowest BCUT2D eigenvalue weighted by Crippen LogP contribution is -2.52. The number of esters is 1. The third-order valence-corrected chi connectivity index (χ3v) is 14.6. The van der Waals surface area contributed by atoms with E-state index in [0.29, 0.717) is 92.1 Å². The molecule has 4 amide bonds. The van der Waals surface area contributed by atoms with Crippen molar-refractivity contribution in [3.8, 4) is 22.6 Å². The molecule has 2 saturated heterocycles. The van der Waals surface area contributed by atoms with Crippen LogP contribution in [0.1, 0.15) is 62.6 Å². The first-order valence-corrected chi connectivity index (χ1v) is 24.8. The molecule has 0 spiro atoms. The second-order valence-corrected chi connectivity index (χ2v) is 19.3. The van der Waals surface area contributed by atoms with Gasteiger partial charge in [0.15, 0.2) is 6.61 Å². The summed E-state index contributed by atoms with van der Waals surface area (Å²) >= 11 is 7.23. The van der Waals surface area contributed by atoms with E-state index in [2.05, 4.69) is 10.2 Å². The molecule has 2 fully saturated rings. The maximum atomic E-state index is 14.8. The van der Waals surface area contributed by atoms with Crippen molar-refractivity contribution in [3.63, 3.8) is 0 Å². The summed E-state index contributed by atoms with van der Waals surface area (Å²) in [5.74, 6) is -1.15. The van der Waals surface area contributed by atoms with Crippen molar-refractivity contribution in [2.24, 2.45) is 14.1 Å². The molecule has 7 aromatic rings. The van der Waals surface area contributed by atoms with Crippen molar-refractivity contribution < 1.29 is 47.1 Å². The topological polar surface area (TPSA) is 166 Å². The highest BCUT2D eigenvalue weighted by molar-refractivity contribution is 6.35. The second kappa shape index (κ2) is 20.5. The first kappa shape index (κ1) is 49.0. The van der Waals surface area contributed by atoms with Gasteiger partial charge in [-0.05, 0) is 86.5 Å². The van der Waals surface area contributed by atoms with Gasteiger partial charge in [0.2, 0.25) is 24.9 Å². The summed E-state index contributed by atoms with van der Waals surface area (Å²) < 4.78 is 40.2. The molecule has 3 aliphatic heterocycles. The third-order valence-electron chi connectivity index (χ3n) is 14.3. The maximum absolute atomic E-state index is 14.8. The molecule has 19 heteroatoms. The van der Waals surface area contributed by atoms with Gasteiger partial charge in [0, 0.05) is 91.5 Å². The molecule has 3 aromatic heterocycles. The van der Waals surface area contributed by atoms with Gasteiger partial charge in [-0.25, -0.2) is 18.3 Å². The molecule has 17 nitrogen and oxygen atoms in total. The van der Waals surface area contributed by atoms with E-state index in [1.54, 1.807) is 33.7 Å². The van der Waals surface area contributed by atoms with Gasteiger partial charge in [0.1, 0.15) is 41.4 Å². The van der Waals surface area contributed by atoms with E-state index < -0.39 is 17.9 Å². The maximum Gasteiger partial charge on any atom is 0.358 e. The first-order valence-electron chi connectivity index (χ1n) is 24.5. The van der Waals surface area contributed by atoms with Crippen LogP contribution in [0.25, 0.3) is 32.8 Å². The Labute approximate surface area is 425 Å². The van der Waals surface area contributed by atoms with Crippen molar-refractivity contribution in [2.45, 2.75) is 65.4 Å². The lowest BCUT2D eigenvalue weighted by atomic mass is 9.98. The molecule has 10 rings (SSSR count). The third kappa shape index (κ3) is 9.76. The average Bonchev–Trinajstić information content (AvgIpc) is 4.12. The Morgan fingerprint density at radius 2 is 1.71 bits per heavy atom. The molecule has 1 N–H and O–H groups in total. The lowest BCUT2D eigenvalue weighted by Gasteiger charge is -2.35. The van der Waals surface area contributed by atoms with Gasteiger partial charge in [-0.1, -0.05) is 35.9 Å². The normalized spacial score (nSPS) is 16.1. The number of fused-ring (bicyclic) bond motifs is 3. The van der Waals surface area contributed by atoms with E-state index in [4.69, 9.17) is 30.9 Å². The zero-order chi connectivity index (χ0) is 51.1. The van der Waals surface area contributed by atoms with Crippen molar-refractivity contribution in [1.29, 1.82) is 0 Å². The summed E-state index contributed by atoms with van der Waals surface area (Å²) in [6, 6.07) is 18.3. The van der Waals surface area contributed by atoms with Crippen molar-refractivity contribution in [1.82, 2.24) is 38.9 Å². The molecule has 73 heavy (non-hydrogen) atoms. The Morgan fingerprint density at radius 1 is 0.932 bits per heavy atom. The number of halogens is 2. The Morgan fingerprint density at radius 3 is 2.47 bits per heavy atom. The number of aryl methyl sites for hydroxylation is 4. The van der Waals surface area contributed by atoms with Crippen molar-refractivity contribution >= 4 is 62.9 Å². The van der Waals surface area contributed by atoms with E-state index in [1.165, 1.54) is 17.0 Å². The molecule has 0 aliphatic carbocycles. The van der Waals surface area contributed by atoms with E-state index in [0.717, 1.165) is 49.8 Å². The predicted molar refractivity (Wildman–Crippen MR) is 268 cm³/mol. The molecule has 0 bridgehead atoms. The number of carbonyl (C=O) groups is 5. The number of hydrogen-bond donors (Lipinski definition) is 1. The second-order valence-electron chi connectivity index (χ2n) is 18.9. The standard InChI is InChI=1S/C54H55ClFN9O8/c1-33-48(34(2)60(4)58-33)49-42(55)16-15-39-38(10-7-27-71-44-11-5-8-35-28-36(56)13-14-37(35)44)51(54(70)73-32-62-20-19-59(3)31-62)64(50(39)49)26-23-61-21-24-63(25-22-61)47(67)30-72-45-12-6-9-40-41(45)29-65(53(40)69)43-17-18-46(66)57-52(43)68/h5-6,8-9,11-16,19-20,28,31,43H,7,10,17-18,21-27,29-30,32H2,1-4H3/p+1. The predicted octanol–water partition coefficient (Wildman–Crippen LogP) is 6.04. The molecular formula is C54H56ClFN9O8+. The number of amides is 4. The van der Waals surface area contributed by atoms with Crippen LogP contribution in [0.3, 0.4) is 0 Å². The van der Waals surface area contributed by atoms with E-state index >= 15 is 0 Å². The highest BCUT2D eigenvalue weighted by Gasteiger charge is 2.40. The van der Waals surface area contributed by atoms with Crippen molar-refractivity contribution in [3.05, 3.63) is 130 Å². The Bertz CT molecular complexity index is 3340. The summed E-state index contributed by atoms with van der Waals surface area (Å²) in [6.07, 6.45) is 6.92. The van der Waals surface area contributed by atoms with Crippen molar-refractivity contribution in [2.75, 3.05) is 45.9 Å². The summed E-state index contributed by atoms with van der Waals surface area (Å²) in [5.41, 5.74) is 6.37. The van der Waals surface area contributed by atoms with Crippen LogP contribution in [0, 0.1) is 19.7 Å². The van der Waals surface area contributed by atoms with Gasteiger partial charge >= 0.3 is 5.97 Å². The minimum Gasteiger partial charge on any atom is -0.493 e. The van der Waals surface area contributed by atoms with Gasteiger partial charge in [0.25, 0.3) is 11.8 Å². The van der Waals surface area contributed by atoms with Crippen LogP contribution in [0.5, 0.6) is 11.5 Å². The Kier molecular flexibility index (Phi) is 13.8. The number of rotatable bonds is 16. The van der Waals surface area contributed by atoms with E-state index in [9.17, 15) is 28.4 Å². The van der Waals surface area contributed by atoms with Crippen LogP contribution in [0.2, 0.25) is 5.02 Å². The Hall–Kier alpha value is -7.57. The fraction of sp³-hybridized carbons (Fsp3) is 0.352. The average molecular weight is 1010 g/mol. The molecule has 3 aliphatic rings. The molecule has 378 valence electrons. The number of piperidine rings is 1. The molecule has 1 atom stereocenters. The van der Waals surface area contributed by atoms with Gasteiger partial charge in [0.05, 0.1) is 36.4 Å². The first-order chi connectivity index (χ1) is 35.2. The zero-order valence-electron chi connectivity index (χ0n) is 41.2. The molecule has 6 heterocycles.